The van der Waals surface area contributed by atoms with Gasteiger partial charge in [0.1, 0.15) is 0 Å². The van der Waals surface area contributed by atoms with Crippen molar-refractivity contribution in [2.45, 2.75) is 27.7 Å². The van der Waals surface area contributed by atoms with E-state index in [0.717, 1.165) is 45.3 Å². The molecule has 0 atom stereocenters. The first-order valence-electron chi connectivity index (χ1n) is 19.3. The van der Waals surface area contributed by atoms with E-state index in [1.165, 1.54) is 44.2 Å². The molecule has 0 radical (unpaired) electrons. The molecule has 0 N–H and O–H groups in total. The predicted octanol–water partition coefficient (Wildman–Crippen LogP) is 15.4. The second-order valence-electron chi connectivity index (χ2n) is 14.7. The summed E-state index contributed by atoms with van der Waals surface area (Å²) >= 11 is 0. The summed E-state index contributed by atoms with van der Waals surface area (Å²) in [7, 11) is 0. The lowest BCUT2D eigenvalue weighted by Crippen LogP contribution is -2.09. The van der Waals surface area contributed by atoms with Gasteiger partial charge in [-0.15, -0.1) is 0 Å². The van der Waals surface area contributed by atoms with Gasteiger partial charge in [-0.2, -0.15) is 0 Å². The fourth-order valence-corrected chi connectivity index (χ4v) is 7.01. The van der Waals surface area contributed by atoms with Gasteiger partial charge in [-0.25, -0.2) is 0 Å². The highest BCUT2D eigenvalue weighted by Crippen LogP contribution is 2.36. The van der Waals surface area contributed by atoms with Gasteiger partial charge in [0, 0.05) is 34.1 Å². The standard InChI is InChI=1S/C54H46N2/c1-39-5-25-49(26-6-39)55(50-27-7-40(2)8-28-50)53-33-19-43(20-34-53)13-15-45-17-23-48-38-46(18-24-47(48)37-45)16-14-44-21-35-54(36-22-44)56(51-29-9-41(3)10-30-51)52-31-11-42(4)12-32-52/h5-38H,1-4H3/b15-13-,16-14-. The summed E-state index contributed by atoms with van der Waals surface area (Å²) < 4.78 is 0. The maximum Gasteiger partial charge on any atom is 0.0462 e. The van der Waals surface area contributed by atoms with Crippen LogP contribution in [0.15, 0.2) is 182 Å². The van der Waals surface area contributed by atoms with Crippen LogP contribution in [0.4, 0.5) is 34.1 Å². The second-order valence-corrected chi connectivity index (χ2v) is 14.7. The molecule has 56 heavy (non-hydrogen) atoms. The smallest absolute Gasteiger partial charge is 0.0462 e. The average molecular weight is 723 g/mol. The van der Waals surface area contributed by atoms with E-state index < -0.39 is 0 Å². The Morgan fingerprint density at radius 2 is 0.464 bits per heavy atom. The predicted molar refractivity (Wildman–Crippen MR) is 243 cm³/mol. The Labute approximate surface area is 332 Å². The van der Waals surface area contributed by atoms with Gasteiger partial charge >= 0.3 is 0 Å². The first kappa shape index (κ1) is 36.1. The Balaban J connectivity index is 0.956. The molecule has 0 aliphatic carbocycles. The van der Waals surface area contributed by atoms with Crippen molar-refractivity contribution in [2.24, 2.45) is 0 Å². The Morgan fingerprint density at radius 1 is 0.250 bits per heavy atom. The molecule has 8 rings (SSSR count). The number of fused-ring (bicyclic) bond motifs is 1. The zero-order valence-corrected chi connectivity index (χ0v) is 32.5. The van der Waals surface area contributed by atoms with Crippen molar-refractivity contribution >= 4 is 69.2 Å². The molecular formula is C54H46N2. The lowest BCUT2D eigenvalue weighted by molar-refractivity contribution is 1.27. The van der Waals surface area contributed by atoms with Gasteiger partial charge in [-0.1, -0.05) is 144 Å². The molecule has 0 fully saturated rings. The molecule has 8 aromatic rings. The van der Waals surface area contributed by atoms with Crippen LogP contribution in [-0.2, 0) is 0 Å². The van der Waals surface area contributed by atoms with Crippen molar-refractivity contribution in [3.05, 3.63) is 226 Å². The maximum atomic E-state index is 2.31. The quantitative estimate of drug-likeness (QED) is 0.130. The molecular weight excluding hydrogens is 677 g/mol. The minimum absolute atomic E-state index is 1.13. The fourth-order valence-electron chi connectivity index (χ4n) is 7.01. The molecule has 0 amide bonds. The second kappa shape index (κ2) is 16.2. The van der Waals surface area contributed by atoms with Gasteiger partial charge in [0.15, 0.2) is 0 Å². The first-order valence-corrected chi connectivity index (χ1v) is 19.3. The lowest BCUT2D eigenvalue weighted by atomic mass is 10.0. The molecule has 0 bridgehead atoms. The van der Waals surface area contributed by atoms with Crippen molar-refractivity contribution in [3.63, 3.8) is 0 Å². The van der Waals surface area contributed by atoms with Crippen LogP contribution in [0.5, 0.6) is 0 Å². The van der Waals surface area contributed by atoms with E-state index in [9.17, 15) is 0 Å². The van der Waals surface area contributed by atoms with Crippen molar-refractivity contribution in [1.29, 1.82) is 0 Å². The van der Waals surface area contributed by atoms with Gasteiger partial charge in [0.05, 0.1) is 0 Å². The van der Waals surface area contributed by atoms with Crippen LogP contribution in [0.3, 0.4) is 0 Å². The minimum atomic E-state index is 1.13. The monoisotopic (exact) mass is 722 g/mol. The minimum Gasteiger partial charge on any atom is -0.311 e. The lowest BCUT2D eigenvalue weighted by Gasteiger charge is -2.25. The summed E-state index contributed by atoms with van der Waals surface area (Å²) in [6.45, 7) is 8.50. The van der Waals surface area contributed by atoms with E-state index >= 15 is 0 Å². The molecule has 8 aromatic carbocycles. The molecule has 0 heterocycles. The Morgan fingerprint density at radius 3 is 0.732 bits per heavy atom. The van der Waals surface area contributed by atoms with Crippen molar-refractivity contribution < 1.29 is 0 Å². The van der Waals surface area contributed by atoms with E-state index in [1.807, 2.05) is 0 Å². The van der Waals surface area contributed by atoms with Gasteiger partial charge < -0.3 is 9.80 Å². The summed E-state index contributed by atoms with van der Waals surface area (Å²) in [5.74, 6) is 0. The van der Waals surface area contributed by atoms with Crippen molar-refractivity contribution in [2.75, 3.05) is 9.80 Å². The number of anilines is 6. The van der Waals surface area contributed by atoms with E-state index in [-0.39, 0.29) is 0 Å². The Hall–Kier alpha value is -6.90. The number of hydrogen-bond acceptors (Lipinski definition) is 2. The van der Waals surface area contributed by atoms with Crippen LogP contribution in [0.1, 0.15) is 44.5 Å². The van der Waals surface area contributed by atoms with E-state index in [4.69, 9.17) is 0 Å². The third kappa shape index (κ3) is 8.41. The van der Waals surface area contributed by atoms with Gasteiger partial charge in [-0.05, 0) is 146 Å². The van der Waals surface area contributed by atoms with Crippen LogP contribution >= 0.6 is 0 Å². The number of nitrogens with zero attached hydrogens (tertiary/aromatic N) is 2. The molecule has 0 saturated carbocycles. The van der Waals surface area contributed by atoms with E-state index in [0.29, 0.717) is 0 Å². The summed E-state index contributed by atoms with van der Waals surface area (Å²) in [6.07, 6.45) is 8.78. The summed E-state index contributed by atoms with van der Waals surface area (Å²) in [5.41, 5.74) is 16.5. The molecule has 272 valence electrons. The Bertz CT molecular complexity index is 2330. The van der Waals surface area contributed by atoms with Gasteiger partial charge in [-0.3, -0.25) is 0 Å². The summed E-state index contributed by atoms with van der Waals surface area (Å²) in [6, 6.07) is 65.8. The molecule has 0 aromatic heterocycles. The first-order chi connectivity index (χ1) is 27.3. The number of benzene rings is 8. The van der Waals surface area contributed by atoms with Crippen LogP contribution in [0, 0.1) is 27.7 Å². The van der Waals surface area contributed by atoms with Gasteiger partial charge in [0.25, 0.3) is 0 Å². The Kier molecular flexibility index (Phi) is 10.5. The van der Waals surface area contributed by atoms with Crippen LogP contribution in [0.2, 0.25) is 0 Å². The zero-order valence-electron chi connectivity index (χ0n) is 32.5. The highest BCUT2D eigenvalue weighted by atomic mass is 15.1. The summed E-state index contributed by atoms with van der Waals surface area (Å²) in [5, 5.41) is 2.45. The van der Waals surface area contributed by atoms with Crippen molar-refractivity contribution in [1.82, 2.24) is 0 Å². The topological polar surface area (TPSA) is 6.48 Å². The molecule has 0 unspecified atom stereocenters. The van der Waals surface area contributed by atoms with E-state index in [1.54, 1.807) is 0 Å². The highest BCUT2D eigenvalue weighted by Gasteiger charge is 2.13. The number of hydrogen-bond donors (Lipinski definition) is 0. The maximum absolute atomic E-state index is 2.31. The third-order valence-corrected chi connectivity index (χ3v) is 10.3. The van der Waals surface area contributed by atoms with Gasteiger partial charge in [0.2, 0.25) is 0 Å². The highest BCUT2D eigenvalue weighted by molar-refractivity contribution is 5.89. The molecule has 0 spiro atoms. The average Bonchev–Trinajstić information content (AvgIpc) is 3.23. The molecule has 2 heteroatoms. The summed E-state index contributed by atoms with van der Waals surface area (Å²) in [4.78, 5) is 4.62. The normalized spacial score (nSPS) is 11.4. The SMILES string of the molecule is Cc1ccc(N(c2ccc(C)cc2)c2ccc(/C=C\c3ccc4cc(/C=C\c5ccc(N(c6ccc(C)cc6)c6ccc(C)cc6)cc5)ccc4c3)cc2)cc1. The van der Waals surface area contributed by atoms with Crippen LogP contribution in [0.25, 0.3) is 35.1 Å². The molecule has 0 aliphatic rings. The van der Waals surface area contributed by atoms with Crippen LogP contribution < -0.4 is 9.80 Å². The third-order valence-electron chi connectivity index (χ3n) is 10.3. The molecule has 0 saturated heterocycles. The van der Waals surface area contributed by atoms with Crippen LogP contribution in [-0.4, -0.2) is 0 Å². The van der Waals surface area contributed by atoms with E-state index in [2.05, 4.69) is 244 Å². The molecule has 0 aliphatic heterocycles. The fraction of sp³-hybridized carbons (Fsp3) is 0.0741. The zero-order chi connectivity index (χ0) is 38.4. The number of rotatable bonds is 10. The molecule has 2 nitrogen and oxygen atoms in total. The number of aryl methyl sites for hydroxylation is 4. The largest absolute Gasteiger partial charge is 0.311 e. The van der Waals surface area contributed by atoms with Crippen molar-refractivity contribution in [3.8, 4) is 0 Å².